The van der Waals surface area contributed by atoms with Gasteiger partial charge in [0.05, 0.1) is 0 Å². The number of alkyl halides is 1. The summed E-state index contributed by atoms with van der Waals surface area (Å²) < 4.78 is 0.876. The number of carbonyl (C=O) groups is 1. The summed E-state index contributed by atoms with van der Waals surface area (Å²) in [5.41, 5.74) is 0. The first-order chi connectivity index (χ1) is 4.31. The minimum absolute atomic E-state index is 0.101. The van der Waals surface area contributed by atoms with E-state index in [0.29, 0.717) is 13.0 Å². The van der Waals surface area contributed by atoms with Crippen LogP contribution in [0.15, 0.2) is 12.7 Å². The Morgan fingerprint density at radius 1 is 1.78 bits per heavy atom. The van der Waals surface area contributed by atoms with Crippen LogP contribution in [0.5, 0.6) is 0 Å². The molecule has 0 aromatic rings. The molecule has 0 aromatic carbocycles. The standard InChI is InChI=1S/C6H10INO/c1-2-5-8-6(9)3-4-7/h2H,1,3-5H2,(H,8,9). The fourth-order valence-corrected chi connectivity index (χ4v) is 0.850. The van der Waals surface area contributed by atoms with Crippen LogP contribution in [-0.2, 0) is 4.79 Å². The van der Waals surface area contributed by atoms with Crippen LogP contribution in [0.1, 0.15) is 6.42 Å². The maximum Gasteiger partial charge on any atom is 0.221 e. The second-order valence-electron chi connectivity index (χ2n) is 1.53. The molecular formula is C6H10INO. The van der Waals surface area contributed by atoms with Gasteiger partial charge in [0.25, 0.3) is 0 Å². The highest BCUT2D eigenvalue weighted by Gasteiger charge is 1.94. The Balaban J connectivity index is 3.16. The zero-order valence-corrected chi connectivity index (χ0v) is 7.35. The molecule has 1 amide bonds. The number of hydrogen-bond acceptors (Lipinski definition) is 1. The van der Waals surface area contributed by atoms with E-state index in [1.807, 2.05) is 0 Å². The molecule has 2 nitrogen and oxygen atoms in total. The summed E-state index contributed by atoms with van der Waals surface area (Å²) in [4.78, 5) is 10.6. The van der Waals surface area contributed by atoms with Crippen LogP contribution in [0.25, 0.3) is 0 Å². The lowest BCUT2D eigenvalue weighted by atomic mass is 10.4. The molecule has 0 aromatic heterocycles. The molecule has 0 bridgehead atoms. The molecule has 0 fully saturated rings. The van der Waals surface area contributed by atoms with Crippen molar-refractivity contribution in [1.82, 2.24) is 5.32 Å². The highest BCUT2D eigenvalue weighted by Crippen LogP contribution is 1.86. The first-order valence-corrected chi connectivity index (χ1v) is 4.27. The summed E-state index contributed by atoms with van der Waals surface area (Å²) in [5, 5.41) is 2.67. The zero-order chi connectivity index (χ0) is 7.11. The topological polar surface area (TPSA) is 29.1 Å². The summed E-state index contributed by atoms with van der Waals surface area (Å²) in [7, 11) is 0. The monoisotopic (exact) mass is 239 g/mol. The molecule has 0 rings (SSSR count). The van der Waals surface area contributed by atoms with E-state index in [2.05, 4.69) is 34.5 Å². The average molecular weight is 239 g/mol. The lowest BCUT2D eigenvalue weighted by molar-refractivity contribution is -0.120. The number of hydrogen-bond donors (Lipinski definition) is 1. The van der Waals surface area contributed by atoms with Crippen molar-refractivity contribution in [3.05, 3.63) is 12.7 Å². The van der Waals surface area contributed by atoms with E-state index in [9.17, 15) is 4.79 Å². The molecule has 0 aliphatic rings. The Hall–Kier alpha value is -0.0600. The molecule has 0 spiro atoms. The highest BCUT2D eigenvalue weighted by molar-refractivity contribution is 14.1. The van der Waals surface area contributed by atoms with Crippen LogP contribution in [-0.4, -0.2) is 16.9 Å². The molecule has 0 unspecified atom stereocenters. The van der Waals surface area contributed by atoms with Gasteiger partial charge in [0, 0.05) is 17.4 Å². The second kappa shape index (κ2) is 6.07. The van der Waals surface area contributed by atoms with E-state index >= 15 is 0 Å². The van der Waals surface area contributed by atoms with Crippen molar-refractivity contribution >= 4 is 28.5 Å². The first-order valence-electron chi connectivity index (χ1n) is 2.74. The maximum absolute atomic E-state index is 10.6. The van der Waals surface area contributed by atoms with Crippen LogP contribution < -0.4 is 5.32 Å². The van der Waals surface area contributed by atoms with Crippen LogP contribution >= 0.6 is 22.6 Å². The summed E-state index contributed by atoms with van der Waals surface area (Å²) in [6.07, 6.45) is 2.28. The van der Waals surface area contributed by atoms with Crippen LogP contribution in [0.4, 0.5) is 0 Å². The molecule has 0 radical (unpaired) electrons. The zero-order valence-electron chi connectivity index (χ0n) is 5.19. The third-order valence-electron chi connectivity index (χ3n) is 0.765. The molecule has 1 N–H and O–H groups in total. The molecule has 0 atom stereocenters. The summed E-state index contributed by atoms with van der Waals surface area (Å²) >= 11 is 2.17. The highest BCUT2D eigenvalue weighted by atomic mass is 127. The van der Waals surface area contributed by atoms with Crippen LogP contribution in [0.3, 0.4) is 0 Å². The maximum atomic E-state index is 10.6. The lowest BCUT2D eigenvalue weighted by Gasteiger charge is -1.96. The SMILES string of the molecule is C=CCNC(=O)CCI. The van der Waals surface area contributed by atoms with E-state index in [-0.39, 0.29) is 5.91 Å². The van der Waals surface area contributed by atoms with E-state index < -0.39 is 0 Å². The molecule has 52 valence electrons. The number of halogens is 1. The second-order valence-corrected chi connectivity index (χ2v) is 2.61. The number of carbonyl (C=O) groups excluding carboxylic acids is 1. The molecule has 3 heteroatoms. The predicted octanol–water partition coefficient (Wildman–Crippen LogP) is 1.11. The van der Waals surface area contributed by atoms with Crippen LogP contribution in [0.2, 0.25) is 0 Å². The quantitative estimate of drug-likeness (QED) is 0.444. The molecule has 0 saturated heterocycles. The number of amides is 1. The van der Waals surface area contributed by atoms with Gasteiger partial charge in [0.1, 0.15) is 0 Å². The largest absolute Gasteiger partial charge is 0.353 e. The van der Waals surface area contributed by atoms with E-state index in [1.54, 1.807) is 6.08 Å². The van der Waals surface area contributed by atoms with Gasteiger partial charge >= 0.3 is 0 Å². The van der Waals surface area contributed by atoms with Crippen molar-refractivity contribution in [2.45, 2.75) is 6.42 Å². The minimum atomic E-state index is 0.101. The number of rotatable bonds is 4. The Labute approximate surface area is 68.8 Å². The predicted molar refractivity (Wildman–Crippen MR) is 46.7 cm³/mol. The smallest absolute Gasteiger partial charge is 0.221 e. The summed E-state index contributed by atoms with van der Waals surface area (Å²) in [6, 6.07) is 0. The Kier molecular flexibility index (Phi) is 6.03. The Morgan fingerprint density at radius 3 is 2.89 bits per heavy atom. The van der Waals surface area contributed by atoms with Gasteiger partial charge in [-0.15, -0.1) is 6.58 Å². The molecule has 0 aliphatic carbocycles. The van der Waals surface area contributed by atoms with Crippen molar-refractivity contribution in [2.24, 2.45) is 0 Å². The normalized spacial score (nSPS) is 8.56. The van der Waals surface area contributed by atoms with Gasteiger partial charge in [0.15, 0.2) is 0 Å². The van der Waals surface area contributed by atoms with Gasteiger partial charge in [-0.1, -0.05) is 28.7 Å². The van der Waals surface area contributed by atoms with Crippen molar-refractivity contribution in [3.63, 3.8) is 0 Å². The van der Waals surface area contributed by atoms with Gasteiger partial charge in [-0.05, 0) is 0 Å². The van der Waals surface area contributed by atoms with Crippen molar-refractivity contribution in [2.75, 3.05) is 11.0 Å². The van der Waals surface area contributed by atoms with E-state index in [4.69, 9.17) is 0 Å². The fraction of sp³-hybridized carbons (Fsp3) is 0.500. The fourth-order valence-electron chi connectivity index (χ4n) is 0.360. The molecule has 9 heavy (non-hydrogen) atoms. The average Bonchev–Trinajstić information content (AvgIpc) is 1.85. The van der Waals surface area contributed by atoms with Gasteiger partial charge in [-0.2, -0.15) is 0 Å². The van der Waals surface area contributed by atoms with Crippen molar-refractivity contribution < 1.29 is 4.79 Å². The van der Waals surface area contributed by atoms with Gasteiger partial charge in [-0.3, -0.25) is 4.79 Å². The van der Waals surface area contributed by atoms with Gasteiger partial charge in [-0.25, -0.2) is 0 Å². The van der Waals surface area contributed by atoms with Crippen LogP contribution in [0, 0.1) is 0 Å². The molecule has 0 heterocycles. The first kappa shape index (κ1) is 8.94. The number of nitrogens with one attached hydrogen (secondary N) is 1. The van der Waals surface area contributed by atoms with Crippen molar-refractivity contribution in [3.8, 4) is 0 Å². The van der Waals surface area contributed by atoms with Gasteiger partial charge < -0.3 is 5.32 Å². The molecule has 0 aliphatic heterocycles. The third-order valence-corrected chi connectivity index (χ3v) is 1.30. The molecular weight excluding hydrogens is 229 g/mol. The van der Waals surface area contributed by atoms with Crippen molar-refractivity contribution in [1.29, 1.82) is 0 Å². The molecule has 0 saturated carbocycles. The Bertz CT molecular complexity index is 103. The van der Waals surface area contributed by atoms with E-state index in [1.165, 1.54) is 0 Å². The Morgan fingerprint density at radius 2 is 2.44 bits per heavy atom. The minimum Gasteiger partial charge on any atom is -0.353 e. The summed E-state index contributed by atoms with van der Waals surface area (Å²) in [6.45, 7) is 4.06. The lowest BCUT2D eigenvalue weighted by Crippen LogP contribution is -2.22. The third kappa shape index (κ3) is 5.82. The van der Waals surface area contributed by atoms with E-state index in [0.717, 1.165) is 4.43 Å². The van der Waals surface area contributed by atoms with Gasteiger partial charge in [0.2, 0.25) is 5.91 Å². The summed E-state index contributed by atoms with van der Waals surface area (Å²) in [5.74, 6) is 0.101.